The topological polar surface area (TPSA) is 81.2 Å². The number of nitrogens with one attached hydrogen (secondary N) is 1. The van der Waals surface area contributed by atoms with E-state index in [9.17, 15) is 10.1 Å². The van der Waals surface area contributed by atoms with Crippen molar-refractivity contribution in [2.75, 3.05) is 5.32 Å². The molecule has 2 heterocycles. The average Bonchev–Trinajstić information content (AvgIpc) is 2.68. The Balaban J connectivity index is 2.33. The molecule has 0 radical (unpaired) electrons. The van der Waals surface area contributed by atoms with E-state index in [4.69, 9.17) is 4.42 Å². The Kier molecular flexibility index (Phi) is 3.74. The third kappa shape index (κ3) is 2.64. The fourth-order valence-corrected chi connectivity index (χ4v) is 2.25. The van der Waals surface area contributed by atoms with Gasteiger partial charge in [0.2, 0.25) is 5.82 Å². The second-order valence-electron chi connectivity index (χ2n) is 4.82. The number of rotatable bonds is 4. The zero-order chi connectivity index (χ0) is 14.9. The summed E-state index contributed by atoms with van der Waals surface area (Å²) in [4.78, 5) is 14.8. The first-order chi connectivity index (χ1) is 9.40. The van der Waals surface area contributed by atoms with Gasteiger partial charge in [0.25, 0.3) is 0 Å². The van der Waals surface area contributed by atoms with Crippen molar-refractivity contribution in [3.63, 3.8) is 0 Å². The summed E-state index contributed by atoms with van der Waals surface area (Å²) in [5.41, 5.74) is 1.57. The fourth-order valence-electron chi connectivity index (χ4n) is 2.25. The molecule has 0 saturated heterocycles. The molecule has 0 aliphatic rings. The SMILES string of the molecule is Cc1cc(C(C)Nc2nccc(C)c2[N+](=O)[O-])c(C)o1. The van der Waals surface area contributed by atoms with E-state index in [1.54, 1.807) is 19.2 Å². The summed E-state index contributed by atoms with van der Waals surface area (Å²) in [6, 6.07) is 3.43. The van der Waals surface area contributed by atoms with E-state index >= 15 is 0 Å². The molecule has 6 nitrogen and oxygen atoms in total. The monoisotopic (exact) mass is 275 g/mol. The smallest absolute Gasteiger partial charge is 0.314 e. The van der Waals surface area contributed by atoms with Crippen molar-refractivity contribution in [3.05, 3.63) is 51.1 Å². The molecule has 2 rings (SSSR count). The lowest BCUT2D eigenvalue weighted by Gasteiger charge is -2.14. The maximum Gasteiger partial charge on any atom is 0.314 e. The van der Waals surface area contributed by atoms with E-state index in [0.29, 0.717) is 5.56 Å². The lowest BCUT2D eigenvalue weighted by molar-refractivity contribution is -0.384. The molecule has 1 N–H and O–H groups in total. The van der Waals surface area contributed by atoms with Gasteiger partial charge in [-0.25, -0.2) is 4.98 Å². The third-order valence-corrected chi connectivity index (χ3v) is 3.21. The number of anilines is 1. The summed E-state index contributed by atoms with van der Waals surface area (Å²) >= 11 is 0. The second-order valence-corrected chi connectivity index (χ2v) is 4.82. The van der Waals surface area contributed by atoms with Crippen molar-refractivity contribution >= 4 is 11.5 Å². The number of hydrogen-bond donors (Lipinski definition) is 1. The molecule has 0 aliphatic carbocycles. The van der Waals surface area contributed by atoms with Crippen molar-refractivity contribution in [2.45, 2.75) is 33.7 Å². The van der Waals surface area contributed by atoms with Crippen LogP contribution >= 0.6 is 0 Å². The van der Waals surface area contributed by atoms with Gasteiger partial charge in [0, 0.05) is 17.3 Å². The summed E-state index contributed by atoms with van der Waals surface area (Å²) in [6.45, 7) is 7.36. The van der Waals surface area contributed by atoms with Crippen LogP contribution in [0, 0.1) is 30.9 Å². The molecule has 20 heavy (non-hydrogen) atoms. The molecule has 2 aromatic rings. The van der Waals surface area contributed by atoms with E-state index < -0.39 is 4.92 Å². The summed E-state index contributed by atoms with van der Waals surface area (Å²) in [7, 11) is 0. The van der Waals surface area contributed by atoms with Crippen LogP contribution in [0.1, 0.15) is 35.6 Å². The largest absolute Gasteiger partial charge is 0.466 e. The molecule has 106 valence electrons. The zero-order valence-corrected chi connectivity index (χ0v) is 11.9. The van der Waals surface area contributed by atoms with Crippen LogP contribution < -0.4 is 5.32 Å². The third-order valence-electron chi connectivity index (χ3n) is 3.21. The standard InChI is InChI=1S/C14H17N3O3/c1-8-5-6-15-14(13(8)17(18)19)16-10(3)12-7-9(2)20-11(12)4/h5-7,10H,1-4H3,(H,15,16). The normalized spacial score (nSPS) is 12.2. The highest BCUT2D eigenvalue weighted by Gasteiger charge is 2.21. The van der Waals surface area contributed by atoms with Crippen LogP contribution in [0.3, 0.4) is 0 Å². The lowest BCUT2D eigenvalue weighted by atomic mass is 10.1. The molecule has 0 amide bonds. The van der Waals surface area contributed by atoms with Gasteiger partial charge in [-0.05, 0) is 39.8 Å². The van der Waals surface area contributed by atoms with Crippen LogP contribution in [-0.2, 0) is 0 Å². The number of nitrogens with zero attached hydrogens (tertiary/aromatic N) is 2. The van der Waals surface area contributed by atoms with Gasteiger partial charge < -0.3 is 9.73 Å². The van der Waals surface area contributed by atoms with Crippen LogP contribution in [-0.4, -0.2) is 9.91 Å². The van der Waals surface area contributed by atoms with Crippen molar-refractivity contribution in [1.29, 1.82) is 0 Å². The van der Waals surface area contributed by atoms with Crippen molar-refractivity contribution in [3.8, 4) is 0 Å². The van der Waals surface area contributed by atoms with Crippen LogP contribution in [0.4, 0.5) is 11.5 Å². The minimum Gasteiger partial charge on any atom is -0.466 e. The maximum atomic E-state index is 11.1. The molecule has 6 heteroatoms. The number of pyridine rings is 1. The fraction of sp³-hybridized carbons (Fsp3) is 0.357. The van der Waals surface area contributed by atoms with Crippen LogP contribution in [0.2, 0.25) is 0 Å². The summed E-state index contributed by atoms with van der Waals surface area (Å²) in [5, 5.41) is 14.2. The Labute approximate surface area is 117 Å². The summed E-state index contributed by atoms with van der Waals surface area (Å²) in [5.74, 6) is 1.90. The molecule has 1 unspecified atom stereocenters. The first kappa shape index (κ1) is 14.0. The minimum atomic E-state index is -0.412. The Morgan fingerprint density at radius 2 is 2.10 bits per heavy atom. The maximum absolute atomic E-state index is 11.1. The van der Waals surface area contributed by atoms with Crippen LogP contribution in [0.5, 0.6) is 0 Å². The second kappa shape index (κ2) is 5.32. The average molecular weight is 275 g/mol. The van der Waals surface area contributed by atoms with Gasteiger partial charge >= 0.3 is 5.69 Å². The Morgan fingerprint density at radius 3 is 2.65 bits per heavy atom. The Morgan fingerprint density at radius 1 is 1.40 bits per heavy atom. The molecule has 0 fully saturated rings. The van der Waals surface area contributed by atoms with Crippen molar-refractivity contribution in [2.24, 2.45) is 0 Å². The minimum absolute atomic E-state index is 0.0113. The number of hydrogen-bond acceptors (Lipinski definition) is 5. The van der Waals surface area contributed by atoms with Gasteiger partial charge in [0.15, 0.2) is 0 Å². The molecule has 0 aliphatic heterocycles. The first-order valence-corrected chi connectivity index (χ1v) is 6.33. The van der Waals surface area contributed by atoms with Gasteiger partial charge in [-0.2, -0.15) is 0 Å². The van der Waals surface area contributed by atoms with Gasteiger partial charge in [0.05, 0.1) is 11.0 Å². The predicted octanol–water partition coefficient (Wildman–Crippen LogP) is 3.68. The van der Waals surface area contributed by atoms with Gasteiger partial charge in [0.1, 0.15) is 11.5 Å². The number of aromatic nitrogens is 1. The lowest BCUT2D eigenvalue weighted by Crippen LogP contribution is -2.10. The van der Waals surface area contributed by atoms with Crippen LogP contribution in [0.15, 0.2) is 22.7 Å². The molecule has 2 aromatic heterocycles. The first-order valence-electron chi connectivity index (χ1n) is 6.33. The highest BCUT2D eigenvalue weighted by atomic mass is 16.6. The number of aryl methyl sites for hydroxylation is 3. The summed E-state index contributed by atoms with van der Waals surface area (Å²) < 4.78 is 5.48. The molecule has 1 atom stereocenters. The Hall–Kier alpha value is -2.37. The molecule has 0 spiro atoms. The highest BCUT2D eigenvalue weighted by molar-refractivity contribution is 5.60. The quantitative estimate of drug-likeness (QED) is 0.680. The zero-order valence-electron chi connectivity index (χ0n) is 11.9. The molecular weight excluding hydrogens is 258 g/mol. The van der Waals surface area contributed by atoms with Gasteiger partial charge in [-0.3, -0.25) is 10.1 Å². The van der Waals surface area contributed by atoms with Gasteiger partial charge in [-0.15, -0.1) is 0 Å². The van der Waals surface area contributed by atoms with Gasteiger partial charge in [-0.1, -0.05) is 0 Å². The number of nitro groups is 1. The molecule has 0 bridgehead atoms. The van der Waals surface area contributed by atoms with E-state index in [-0.39, 0.29) is 17.5 Å². The highest BCUT2D eigenvalue weighted by Crippen LogP contribution is 2.30. The van der Waals surface area contributed by atoms with E-state index in [0.717, 1.165) is 17.1 Å². The van der Waals surface area contributed by atoms with Crippen LogP contribution in [0.25, 0.3) is 0 Å². The van der Waals surface area contributed by atoms with Crippen molar-refractivity contribution in [1.82, 2.24) is 4.98 Å². The predicted molar refractivity (Wildman–Crippen MR) is 75.8 cm³/mol. The molecule has 0 saturated carbocycles. The Bertz CT molecular complexity index is 649. The molecule has 0 aromatic carbocycles. The molecular formula is C14H17N3O3. The van der Waals surface area contributed by atoms with E-state index in [1.807, 2.05) is 26.8 Å². The number of furan rings is 1. The van der Waals surface area contributed by atoms with E-state index in [2.05, 4.69) is 10.3 Å². The van der Waals surface area contributed by atoms with Crippen molar-refractivity contribution < 1.29 is 9.34 Å². The van der Waals surface area contributed by atoms with E-state index in [1.165, 1.54) is 0 Å². The summed E-state index contributed by atoms with van der Waals surface area (Å²) in [6.07, 6.45) is 1.56.